The fraction of sp³-hybridized carbons (Fsp3) is 0.857. The van der Waals surface area contributed by atoms with Gasteiger partial charge in [0.2, 0.25) is 0 Å². The lowest BCUT2D eigenvalue weighted by atomic mass is 9.96. The van der Waals surface area contributed by atoms with Crippen LogP contribution in [0.2, 0.25) is 0 Å². The molecule has 58 valence electrons. The van der Waals surface area contributed by atoms with Crippen molar-refractivity contribution in [3.8, 4) is 0 Å². The first-order chi connectivity index (χ1) is 4.69. The molecule has 0 amide bonds. The van der Waals surface area contributed by atoms with Crippen molar-refractivity contribution >= 4 is 17.4 Å². The van der Waals surface area contributed by atoms with Gasteiger partial charge in [-0.25, -0.2) is 0 Å². The van der Waals surface area contributed by atoms with Gasteiger partial charge in [0.15, 0.2) is 10.8 Å². The van der Waals surface area contributed by atoms with Crippen molar-refractivity contribution in [2.75, 3.05) is 7.11 Å². The number of alkyl halides is 1. The Hall–Kier alpha value is -0.0800. The van der Waals surface area contributed by atoms with Gasteiger partial charge < -0.3 is 4.74 Å². The number of Topliss-reactive ketones (excluding diaryl/α,β-unsaturated/α-hetero) is 1. The van der Waals surface area contributed by atoms with E-state index >= 15 is 0 Å². The highest BCUT2D eigenvalue weighted by Crippen LogP contribution is 2.31. The van der Waals surface area contributed by atoms with Crippen LogP contribution in [0.25, 0.3) is 0 Å². The average molecular weight is 163 g/mol. The van der Waals surface area contributed by atoms with E-state index in [2.05, 4.69) is 0 Å². The van der Waals surface area contributed by atoms with Crippen molar-refractivity contribution in [3.63, 3.8) is 0 Å². The number of carbonyl (C=O) groups excluding carboxylic acids is 1. The molecular formula is C7H11ClO2. The van der Waals surface area contributed by atoms with Crippen LogP contribution in [-0.2, 0) is 9.53 Å². The summed E-state index contributed by atoms with van der Waals surface area (Å²) in [5, 5.41) is -0.988. The number of halogens is 1. The SMILES string of the molecule is COC1(Cl)CCCCC1=O. The van der Waals surface area contributed by atoms with Gasteiger partial charge in [-0.3, -0.25) is 4.79 Å². The second kappa shape index (κ2) is 2.89. The molecule has 0 bridgehead atoms. The summed E-state index contributed by atoms with van der Waals surface area (Å²) in [6.07, 6.45) is 3.17. The molecule has 1 aliphatic carbocycles. The van der Waals surface area contributed by atoms with Crippen molar-refractivity contribution in [3.05, 3.63) is 0 Å². The molecule has 1 aliphatic rings. The standard InChI is InChI=1S/C7H11ClO2/c1-10-7(8)5-3-2-4-6(7)9/h2-5H2,1H3. The van der Waals surface area contributed by atoms with Crippen LogP contribution in [-0.4, -0.2) is 18.0 Å². The van der Waals surface area contributed by atoms with E-state index in [1.54, 1.807) is 0 Å². The van der Waals surface area contributed by atoms with Crippen LogP contribution >= 0.6 is 11.6 Å². The summed E-state index contributed by atoms with van der Waals surface area (Å²) in [5.74, 6) is 0.0305. The quantitative estimate of drug-likeness (QED) is 0.549. The van der Waals surface area contributed by atoms with Gasteiger partial charge in [-0.15, -0.1) is 0 Å². The lowest BCUT2D eigenvalue weighted by Crippen LogP contribution is -2.37. The molecule has 1 atom stereocenters. The van der Waals surface area contributed by atoms with Gasteiger partial charge in [0.25, 0.3) is 0 Å². The lowest BCUT2D eigenvalue weighted by molar-refractivity contribution is -0.135. The molecule has 0 aromatic heterocycles. The fourth-order valence-electron chi connectivity index (χ4n) is 1.18. The first-order valence-electron chi connectivity index (χ1n) is 3.46. The molecule has 0 aliphatic heterocycles. The maximum absolute atomic E-state index is 11.1. The van der Waals surface area contributed by atoms with Crippen molar-refractivity contribution in [2.45, 2.75) is 30.7 Å². The van der Waals surface area contributed by atoms with E-state index in [-0.39, 0.29) is 5.78 Å². The number of rotatable bonds is 1. The third-order valence-corrected chi connectivity index (χ3v) is 2.45. The summed E-state index contributed by atoms with van der Waals surface area (Å²) >= 11 is 5.84. The fourth-order valence-corrected chi connectivity index (χ4v) is 1.41. The number of ketones is 1. The molecule has 10 heavy (non-hydrogen) atoms. The van der Waals surface area contributed by atoms with Gasteiger partial charge in [-0.1, -0.05) is 11.6 Å². The number of carbonyl (C=O) groups is 1. The molecule has 0 saturated heterocycles. The maximum atomic E-state index is 11.1. The zero-order chi connectivity index (χ0) is 7.61. The molecule has 1 fully saturated rings. The summed E-state index contributed by atoms with van der Waals surface area (Å²) in [7, 11) is 1.48. The zero-order valence-corrected chi connectivity index (χ0v) is 6.78. The molecule has 1 saturated carbocycles. The second-order valence-corrected chi connectivity index (χ2v) is 3.17. The summed E-state index contributed by atoms with van der Waals surface area (Å²) < 4.78 is 4.91. The van der Waals surface area contributed by atoms with Gasteiger partial charge >= 0.3 is 0 Å². The van der Waals surface area contributed by atoms with Crippen molar-refractivity contribution < 1.29 is 9.53 Å². The van der Waals surface area contributed by atoms with E-state index < -0.39 is 5.06 Å². The molecular weight excluding hydrogens is 152 g/mol. The molecule has 2 nitrogen and oxygen atoms in total. The highest BCUT2D eigenvalue weighted by molar-refractivity contribution is 6.34. The van der Waals surface area contributed by atoms with E-state index in [1.165, 1.54) is 7.11 Å². The van der Waals surface area contributed by atoms with Gasteiger partial charge in [-0.05, 0) is 19.3 Å². The Morgan fingerprint density at radius 2 is 2.30 bits per heavy atom. The number of hydrogen-bond donors (Lipinski definition) is 0. The van der Waals surface area contributed by atoms with Crippen molar-refractivity contribution in [1.82, 2.24) is 0 Å². The Kier molecular flexibility index (Phi) is 2.32. The molecule has 3 heteroatoms. The van der Waals surface area contributed by atoms with Crippen LogP contribution in [0, 0.1) is 0 Å². The van der Waals surface area contributed by atoms with Gasteiger partial charge in [0.1, 0.15) is 0 Å². The minimum absolute atomic E-state index is 0.0305. The smallest absolute Gasteiger partial charge is 0.199 e. The number of hydrogen-bond acceptors (Lipinski definition) is 2. The molecule has 0 spiro atoms. The Labute approximate surface area is 65.5 Å². The lowest BCUT2D eigenvalue weighted by Gasteiger charge is -2.27. The van der Waals surface area contributed by atoms with Crippen molar-refractivity contribution in [1.29, 1.82) is 0 Å². The monoisotopic (exact) mass is 162 g/mol. The van der Waals surface area contributed by atoms with Crippen molar-refractivity contribution in [2.24, 2.45) is 0 Å². The first kappa shape index (κ1) is 8.02. The van der Waals surface area contributed by atoms with Crippen LogP contribution in [0.3, 0.4) is 0 Å². The van der Waals surface area contributed by atoms with E-state index in [0.29, 0.717) is 12.8 Å². The molecule has 0 heterocycles. The van der Waals surface area contributed by atoms with Crippen LogP contribution in [0.4, 0.5) is 0 Å². The average Bonchev–Trinajstić information content (AvgIpc) is 1.96. The summed E-state index contributed by atoms with van der Waals surface area (Å²) in [5.41, 5.74) is 0. The van der Waals surface area contributed by atoms with Gasteiger partial charge in [0.05, 0.1) is 0 Å². The minimum Gasteiger partial charge on any atom is -0.356 e. The largest absolute Gasteiger partial charge is 0.356 e. The third-order valence-electron chi connectivity index (χ3n) is 1.89. The number of methoxy groups -OCH3 is 1. The third kappa shape index (κ3) is 1.32. The van der Waals surface area contributed by atoms with Crippen LogP contribution in [0.1, 0.15) is 25.7 Å². The highest BCUT2D eigenvalue weighted by atomic mass is 35.5. The topological polar surface area (TPSA) is 26.3 Å². The first-order valence-corrected chi connectivity index (χ1v) is 3.84. The van der Waals surface area contributed by atoms with Crippen LogP contribution < -0.4 is 0 Å². The minimum atomic E-state index is -0.988. The van der Waals surface area contributed by atoms with E-state index in [0.717, 1.165) is 12.8 Å². The molecule has 1 rings (SSSR count). The molecule has 0 radical (unpaired) electrons. The zero-order valence-electron chi connectivity index (χ0n) is 6.02. The second-order valence-electron chi connectivity index (χ2n) is 2.56. The summed E-state index contributed by atoms with van der Waals surface area (Å²) in [6, 6.07) is 0. The molecule has 1 unspecified atom stereocenters. The Bertz CT molecular complexity index is 147. The Morgan fingerprint density at radius 1 is 1.60 bits per heavy atom. The normalized spacial score (nSPS) is 34.4. The summed E-state index contributed by atoms with van der Waals surface area (Å²) in [4.78, 5) is 11.1. The van der Waals surface area contributed by atoms with Crippen LogP contribution in [0.5, 0.6) is 0 Å². The van der Waals surface area contributed by atoms with Crippen LogP contribution in [0.15, 0.2) is 0 Å². The number of ether oxygens (including phenoxy) is 1. The Balaban J connectivity index is 2.63. The van der Waals surface area contributed by atoms with E-state index in [4.69, 9.17) is 16.3 Å². The predicted octanol–water partition coefficient (Wildman–Crippen LogP) is 1.71. The molecule has 0 aromatic rings. The predicted molar refractivity (Wildman–Crippen MR) is 39.1 cm³/mol. The van der Waals surface area contributed by atoms with E-state index in [9.17, 15) is 4.79 Å². The van der Waals surface area contributed by atoms with Gasteiger partial charge in [0, 0.05) is 13.5 Å². The molecule has 0 N–H and O–H groups in total. The van der Waals surface area contributed by atoms with E-state index in [1.807, 2.05) is 0 Å². The Morgan fingerprint density at radius 3 is 2.70 bits per heavy atom. The maximum Gasteiger partial charge on any atom is 0.199 e. The molecule has 0 aromatic carbocycles. The highest BCUT2D eigenvalue weighted by Gasteiger charge is 2.37. The van der Waals surface area contributed by atoms with Gasteiger partial charge in [-0.2, -0.15) is 0 Å². The summed E-state index contributed by atoms with van der Waals surface area (Å²) in [6.45, 7) is 0.